The molecule has 2 aromatic rings. The first-order chi connectivity index (χ1) is 9.63. The Hall–Kier alpha value is -1.52. The summed E-state index contributed by atoms with van der Waals surface area (Å²) >= 11 is 1.85. The number of methoxy groups -OCH3 is 2. The molecule has 108 valence electrons. The standard InChI is InChI=1S/C16H21NO2S/c1-11-7-14(12(2)20-11)10-17-9-13-5-6-15(18-3)8-16(13)19-4/h5-8,17H,9-10H2,1-4H3. The van der Waals surface area contributed by atoms with Crippen LogP contribution < -0.4 is 14.8 Å². The van der Waals surface area contributed by atoms with Crippen LogP contribution in [-0.4, -0.2) is 14.2 Å². The van der Waals surface area contributed by atoms with Gasteiger partial charge in [0.15, 0.2) is 0 Å². The fraction of sp³-hybridized carbons (Fsp3) is 0.375. The van der Waals surface area contributed by atoms with Crippen LogP contribution in [0.1, 0.15) is 20.9 Å². The van der Waals surface area contributed by atoms with Crippen LogP contribution in [-0.2, 0) is 13.1 Å². The van der Waals surface area contributed by atoms with E-state index < -0.39 is 0 Å². The lowest BCUT2D eigenvalue weighted by molar-refractivity contribution is 0.390. The van der Waals surface area contributed by atoms with Crippen molar-refractivity contribution in [3.05, 3.63) is 45.1 Å². The number of hydrogen-bond donors (Lipinski definition) is 1. The highest BCUT2D eigenvalue weighted by Gasteiger charge is 2.06. The molecule has 0 aliphatic rings. The summed E-state index contributed by atoms with van der Waals surface area (Å²) in [4.78, 5) is 2.75. The summed E-state index contributed by atoms with van der Waals surface area (Å²) in [6, 6.07) is 8.16. The zero-order valence-corrected chi connectivity index (χ0v) is 13.3. The number of ether oxygens (including phenoxy) is 2. The third kappa shape index (κ3) is 3.52. The van der Waals surface area contributed by atoms with E-state index in [1.54, 1.807) is 14.2 Å². The second-order valence-corrected chi connectivity index (χ2v) is 6.18. The smallest absolute Gasteiger partial charge is 0.127 e. The zero-order valence-electron chi connectivity index (χ0n) is 12.4. The van der Waals surface area contributed by atoms with E-state index in [1.165, 1.54) is 15.3 Å². The molecule has 0 bridgehead atoms. The van der Waals surface area contributed by atoms with E-state index in [1.807, 2.05) is 29.5 Å². The van der Waals surface area contributed by atoms with Crippen LogP contribution in [0.4, 0.5) is 0 Å². The van der Waals surface area contributed by atoms with Crippen LogP contribution in [0.25, 0.3) is 0 Å². The summed E-state index contributed by atoms with van der Waals surface area (Å²) in [5.74, 6) is 1.67. The van der Waals surface area contributed by atoms with Crippen molar-refractivity contribution in [1.29, 1.82) is 0 Å². The molecule has 0 saturated carbocycles. The van der Waals surface area contributed by atoms with Crippen LogP contribution in [0, 0.1) is 13.8 Å². The highest BCUT2D eigenvalue weighted by atomic mass is 32.1. The Morgan fingerprint density at radius 1 is 1.00 bits per heavy atom. The summed E-state index contributed by atoms with van der Waals surface area (Å²) in [7, 11) is 3.35. The van der Waals surface area contributed by atoms with E-state index in [-0.39, 0.29) is 0 Å². The second kappa shape index (κ2) is 6.77. The molecule has 0 aliphatic heterocycles. The van der Waals surface area contributed by atoms with Gasteiger partial charge in [-0.15, -0.1) is 11.3 Å². The van der Waals surface area contributed by atoms with E-state index in [9.17, 15) is 0 Å². The Morgan fingerprint density at radius 2 is 1.75 bits per heavy atom. The number of nitrogens with one attached hydrogen (secondary N) is 1. The maximum atomic E-state index is 5.40. The van der Waals surface area contributed by atoms with Crippen molar-refractivity contribution in [3.8, 4) is 11.5 Å². The molecule has 0 amide bonds. The Labute approximate surface area is 124 Å². The number of hydrogen-bond acceptors (Lipinski definition) is 4. The molecule has 0 radical (unpaired) electrons. The number of thiophene rings is 1. The second-order valence-electron chi connectivity index (χ2n) is 4.72. The van der Waals surface area contributed by atoms with Crippen molar-refractivity contribution in [3.63, 3.8) is 0 Å². The minimum atomic E-state index is 0.779. The molecule has 2 rings (SSSR count). The maximum Gasteiger partial charge on any atom is 0.127 e. The van der Waals surface area contributed by atoms with Crippen molar-refractivity contribution in [2.75, 3.05) is 14.2 Å². The van der Waals surface area contributed by atoms with Gasteiger partial charge in [0, 0.05) is 34.5 Å². The maximum absolute atomic E-state index is 5.40. The molecule has 0 fully saturated rings. The molecular formula is C16H21NO2S. The highest BCUT2D eigenvalue weighted by molar-refractivity contribution is 7.12. The lowest BCUT2D eigenvalue weighted by atomic mass is 10.2. The predicted octanol–water partition coefficient (Wildman–Crippen LogP) is 3.67. The number of benzene rings is 1. The minimum Gasteiger partial charge on any atom is -0.497 e. The minimum absolute atomic E-state index is 0.779. The van der Waals surface area contributed by atoms with Gasteiger partial charge in [-0.1, -0.05) is 6.07 Å². The Balaban J connectivity index is 1.98. The van der Waals surface area contributed by atoms with Gasteiger partial charge in [0.1, 0.15) is 11.5 Å². The van der Waals surface area contributed by atoms with Crippen molar-refractivity contribution < 1.29 is 9.47 Å². The van der Waals surface area contributed by atoms with Crippen LogP contribution in [0.15, 0.2) is 24.3 Å². The number of rotatable bonds is 6. The van der Waals surface area contributed by atoms with Gasteiger partial charge >= 0.3 is 0 Å². The monoisotopic (exact) mass is 291 g/mol. The molecule has 1 aromatic heterocycles. The summed E-state index contributed by atoms with van der Waals surface area (Å²) in [6.45, 7) is 5.98. The van der Waals surface area contributed by atoms with Gasteiger partial charge in [-0.3, -0.25) is 0 Å². The van der Waals surface area contributed by atoms with Gasteiger partial charge in [-0.2, -0.15) is 0 Å². The third-order valence-corrected chi connectivity index (χ3v) is 4.28. The van der Waals surface area contributed by atoms with Crippen LogP contribution >= 0.6 is 11.3 Å². The van der Waals surface area contributed by atoms with Gasteiger partial charge in [0.25, 0.3) is 0 Å². The molecule has 0 atom stereocenters. The topological polar surface area (TPSA) is 30.5 Å². The first kappa shape index (κ1) is 14.9. The van der Waals surface area contributed by atoms with Crippen LogP contribution in [0.3, 0.4) is 0 Å². The van der Waals surface area contributed by atoms with Gasteiger partial charge in [-0.05, 0) is 31.5 Å². The molecule has 20 heavy (non-hydrogen) atoms. The Morgan fingerprint density at radius 3 is 2.35 bits per heavy atom. The molecule has 1 aromatic carbocycles. The molecule has 0 unspecified atom stereocenters. The normalized spacial score (nSPS) is 10.6. The van der Waals surface area contributed by atoms with Crippen molar-refractivity contribution in [2.24, 2.45) is 0 Å². The first-order valence-corrected chi connectivity index (χ1v) is 7.43. The van der Waals surface area contributed by atoms with Gasteiger partial charge < -0.3 is 14.8 Å². The van der Waals surface area contributed by atoms with Crippen molar-refractivity contribution in [1.82, 2.24) is 5.32 Å². The van der Waals surface area contributed by atoms with E-state index in [2.05, 4.69) is 25.2 Å². The average molecular weight is 291 g/mol. The predicted molar refractivity (Wildman–Crippen MR) is 83.9 cm³/mol. The van der Waals surface area contributed by atoms with Crippen molar-refractivity contribution in [2.45, 2.75) is 26.9 Å². The van der Waals surface area contributed by atoms with E-state index in [0.29, 0.717) is 0 Å². The van der Waals surface area contributed by atoms with Gasteiger partial charge in [0.05, 0.1) is 14.2 Å². The summed E-state index contributed by atoms with van der Waals surface area (Å²) in [5, 5.41) is 3.47. The zero-order chi connectivity index (χ0) is 14.5. The molecule has 4 heteroatoms. The fourth-order valence-electron chi connectivity index (χ4n) is 2.19. The first-order valence-electron chi connectivity index (χ1n) is 6.61. The van der Waals surface area contributed by atoms with E-state index in [0.717, 1.165) is 30.2 Å². The highest BCUT2D eigenvalue weighted by Crippen LogP contribution is 2.25. The lowest BCUT2D eigenvalue weighted by Gasteiger charge is -2.11. The molecule has 1 N–H and O–H groups in total. The van der Waals surface area contributed by atoms with Gasteiger partial charge in [-0.25, -0.2) is 0 Å². The fourth-order valence-corrected chi connectivity index (χ4v) is 3.14. The SMILES string of the molecule is COc1ccc(CNCc2cc(C)sc2C)c(OC)c1. The number of aryl methyl sites for hydroxylation is 2. The Kier molecular flexibility index (Phi) is 5.04. The quantitative estimate of drug-likeness (QED) is 0.881. The van der Waals surface area contributed by atoms with Crippen molar-refractivity contribution >= 4 is 11.3 Å². The Bertz CT molecular complexity index is 578. The largest absolute Gasteiger partial charge is 0.497 e. The lowest BCUT2D eigenvalue weighted by Crippen LogP contribution is -2.13. The van der Waals surface area contributed by atoms with Crippen LogP contribution in [0.2, 0.25) is 0 Å². The van der Waals surface area contributed by atoms with E-state index in [4.69, 9.17) is 9.47 Å². The summed E-state index contributed by atoms with van der Waals surface area (Å²) in [6.07, 6.45) is 0. The summed E-state index contributed by atoms with van der Waals surface area (Å²) < 4.78 is 10.6. The molecule has 1 heterocycles. The average Bonchev–Trinajstić information content (AvgIpc) is 2.77. The molecular weight excluding hydrogens is 270 g/mol. The summed E-state index contributed by atoms with van der Waals surface area (Å²) in [5.41, 5.74) is 2.51. The molecule has 3 nitrogen and oxygen atoms in total. The van der Waals surface area contributed by atoms with E-state index >= 15 is 0 Å². The van der Waals surface area contributed by atoms with Crippen LogP contribution in [0.5, 0.6) is 11.5 Å². The van der Waals surface area contributed by atoms with Gasteiger partial charge in [0.2, 0.25) is 0 Å². The third-order valence-electron chi connectivity index (χ3n) is 3.27. The molecule has 0 aliphatic carbocycles. The molecule has 0 spiro atoms. The molecule has 0 saturated heterocycles.